The Kier molecular flexibility index (Phi) is 5.80. The van der Waals surface area contributed by atoms with Crippen molar-refractivity contribution in [3.63, 3.8) is 0 Å². The van der Waals surface area contributed by atoms with E-state index in [1.165, 1.54) is 0 Å². The van der Waals surface area contributed by atoms with Crippen molar-refractivity contribution < 1.29 is 14.6 Å². The van der Waals surface area contributed by atoms with Crippen LogP contribution in [0, 0.1) is 0 Å². The predicted molar refractivity (Wildman–Crippen MR) is 101 cm³/mol. The number of benzene rings is 1. The molecule has 2 heterocycles. The molecule has 3 N–H and O–H groups in total. The molecule has 3 rings (SSSR count). The first-order valence-electron chi connectivity index (χ1n) is 8.62. The Morgan fingerprint density at radius 3 is 3.08 bits per heavy atom. The molecule has 0 amide bonds. The number of aliphatic carboxylic acids is 1. The molecule has 136 valence electrons. The number of hydrogen-bond acceptors (Lipinski definition) is 6. The molecule has 0 radical (unpaired) electrons. The minimum absolute atomic E-state index is 0.216. The fourth-order valence-electron chi connectivity index (χ4n) is 2.77. The molecule has 0 spiro atoms. The van der Waals surface area contributed by atoms with Crippen LogP contribution >= 0.6 is 0 Å². The highest BCUT2D eigenvalue weighted by Gasteiger charge is 2.18. The van der Waals surface area contributed by atoms with E-state index in [2.05, 4.69) is 20.6 Å². The first-order chi connectivity index (χ1) is 12.7. The van der Waals surface area contributed by atoms with Crippen LogP contribution in [-0.2, 0) is 9.53 Å². The highest BCUT2D eigenvalue weighted by molar-refractivity contribution is 5.86. The van der Waals surface area contributed by atoms with Crippen molar-refractivity contribution >= 4 is 23.8 Å². The molecule has 0 saturated carbocycles. The van der Waals surface area contributed by atoms with Crippen LogP contribution in [0.25, 0.3) is 17.2 Å². The summed E-state index contributed by atoms with van der Waals surface area (Å²) < 4.78 is 5.44. The minimum atomic E-state index is -0.975. The standard InChI is InChI=1S/C19H22N4O3/c1-2-20-19-21-11-16(18(23-19)22-15-8-9-26-12-15)14-5-3-4-13(10-14)6-7-17(24)25/h3-7,10-11,15H,2,8-9,12H2,1H3,(H,24,25)(H2,20,21,22,23)/b7-6+/t15-/m1/s1. The average molecular weight is 354 g/mol. The van der Waals surface area contributed by atoms with E-state index in [4.69, 9.17) is 9.84 Å². The molecule has 0 aliphatic carbocycles. The second kappa shape index (κ2) is 8.44. The summed E-state index contributed by atoms with van der Waals surface area (Å²) >= 11 is 0. The van der Waals surface area contributed by atoms with E-state index in [-0.39, 0.29) is 6.04 Å². The van der Waals surface area contributed by atoms with Gasteiger partial charge in [0.2, 0.25) is 5.95 Å². The summed E-state index contributed by atoms with van der Waals surface area (Å²) in [6.45, 7) is 4.13. The summed E-state index contributed by atoms with van der Waals surface area (Å²) in [4.78, 5) is 19.7. The van der Waals surface area contributed by atoms with Gasteiger partial charge in [-0.1, -0.05) is 18.2 Å². The van der Waals surface area contributed by atoms with E-state index in [1.54, 1.807) is 12.3 Å². The predicted octanol–water partition coefficient (Wildman–Crippen LogP) is 2.87. The van der Waals surface area contributed by atoms with Gasteiger partial charge in [-0.2, -0.15) is 4.98 Å². The Labute approximate surface area is 152 Å². The third kappa shape index (κ3) is 4.58. The molecule has 1 saturated heterocycles. The molecule has 7 nitrogen and oxygen atoms in total. The maximum atomic E-state index is 10.7. The second-order valence-electron chi connectivity index (χ2n) is 5.99. The van der Waals surface area contributed by atoms with Gasteiger partial charge in [0.15, 0.2) is 0 Å². The summed E-state index contributed by atoms with van der Waals surface area (Å²) in [5.74, 6) is 0.336. The molecule has 1 aliphatic rings. The molecular weight excluding hydrogens is 332 g/mol. The van der Waals surface area contributed by atoms with Crippen molar-refractivity contribution in [2.24, 2.45) is 0 Å². The quantitative estimate of drug-likeness (QED) is 0.658. The molecule has 1 aliphatic heterocycles. The summed E-state index contributed by atoms with van der Waals surface area (Å²) in [5, 5.41) is 15.4. The smallest absolute Gasteiger partial charge is 0.328 e. The van der Waals surface area contributed by atoms with Gasteiger partial charge >= 0.3 is 5.97 Å². The van der Waals surface area contributed by atoms with Crippen LogP contribution in [0.4, 0.5) is 11.8 Å². The van der Waals surface area contributed by atoms with Gasteiger partial charge in [-0.05, 0) is 36.6 Å². The maximum Gasteiger partial charge on any atom is 0.328 e. The fraction of sp³-hybridized carbons (Fsp3) is 0.316. The zero-order valence-corrected chi connectivity index (χ0v) is 14.6. The normalized spacial score (nSPS) is 16.7. The van der Waals surface area contributed by atoms with Gasteiger partial charge in [0.1, 0.15) is 5.82 Å². The van der Waals surface area contributed by atoms with Crippen molar-refractivity contribution in [2.75, 3.05) is 30.4 Å². The van der Waals surface area contributed by atoms with E-state index in [1.807, 2.05) is 31.2 Å². The topological polar surface area (TPSA) is 96.4 Å². The Bertz CT molecular complexity index is 801. The number of carboxylic acids is 1. The van der Waals surface area contributed by atoms with E-state index in [0.717, 1.165) is 48.2 Å². The van der Waals surface area contributed by atoms with Crippen molar-refractivity contribution in [3.05, 3.63) is 42.1 Å². The van der Waals surface area contributed by atoms with Gasteiger partial charge in [-0.25, -0.2) is 9.78 Å². The monoisotopic (exact) mass is 354 g/mol. The molecule has 7 heteroatoms. The Morgan fingerprint density at radius 2 is 2.35 bits per heavy atom. The summed E-state index contributed by atoms with van der Waals surface area (Å²) in [7, 11) is 0. The second-order valence-corrected chi connectivity index (χ2v) is 5.99. The van der Waals surface area contributed by atoms with Crippen molar-refractivity contribution in [1.29, 1.82) is 0 Å². The molecule has 1 aromatic heterocycles. The molecule has 1 aromatic carbocycles. The lowest BCUT2D eigenvalue weighted by Gasteiger charge is -2.16. The van der Waals surface area contributed by atoms with Crippen LogP contribution < -0.4 is 10.6 Å². The van der Waals surface area contributed by atoms with E-state index in [9.17, 15) is 4.79 Å². The van der Waals surface area contributed by atoms with E-state index < -0.39 is 5.97 Å². The van der Waals surface area contributed by atoms with Gasteiger partial charge in [-0.15, -0.1) is 0 Å². The van der Waals surface area contributed by atoms with Crippen LogP contribution in [0.3, 0.4) is 0 Å². The molecule has 0 bridgehead atoms. The number of nitrogens with one attached hydrogen (secondary N) is 2. The summed E-state index contributed by atoms with van der Waals surface area (Å²) in [6.07, 6.45) is 5.40. The number of nitrogens with zero attached hydrogens (tertiary/aromatic N) is 2. The zero-order chi connectivity index (χ0) is 18.4. The Morgan fingerprint density at radius 1 is 1.46 bits per heavy atom. The molecule has 0 unspecified atom stereocenters. The minimum Gasteiger partial charge on any atom is -0.478 e. The van der Waals surface area contributed by atoms with Gasteiger partial charge < -0.3 is 20.5 Å². The van der Waals surface area contributed by atoms with Crippen molar-refractivity contribution in [2.45, 2.75) is 19.4 Å². The first-order valence-corrected chi connectivity index (χ1v) is 8.62. The lowest BCUT2D eigenvalue weighted by atomic mass is 10.0. The molecular formula is C19H22N4O3. The van der Waals surface area contributed by atoms with Crippen LogP contribution in [-0.4, -0.2) is 46.8 Å². The number of carboxylic acid groups (broad SMARTS) is 1. The lowest BCUT2D eigenvalue weighted by Crippen LogP contribution is -2.21. The van der Waals surface area contributed by atoms with Crippen LogP contribution in [0.5, 0.6) is 0 Å². The molecule has 2 aromatic rings. The third-order valence-electron chi connectivity index (χ3n) is 4.01. The average Bonchev–Trinajstić information content (AvgIpc) is 3.14. The van der Waals surface area contributed by atoms with Crippen molar-refractivity contribution in [3.8, 4) is 11.1 Å². The summed E-state index contributed by atoms with van der Waals surface area (Å²) in [6, 6.07) is 7.83. The number of aromatic nitrogens is 2. The van der Waals surface area contributed by atoms with Gasteiger partial charge in [-0.3, -0.25) is 0 Å². The third-order valence-corrected chi connectivity index (χ3v) is 4.01. The van der Waals surface area contributed by atoms with Crippen LogP contribution in [0.15, 0.2) is 36.5 Å². The first kappa shape index (κ1) is 17.9. The Balaban J connectivity index is 1.94. The summed E-state index contributed by atoms with van der Waals surface area (Å²) in [5.41, 5.74) is 2.59. The SMILES string of the molecule is CCNc1ncc(-c2cccc(/C=C/C(=O)O)c2)c(N[C@@H]2CCOC2)n1. The number of carbonyl (C=O) groups is 1. The maximum absolute atomic E-state index is 10.7. The highest BCUT2D eigenvalue weighted by atomic mass is 16.5. The number of rotatable bonds is 7. The molecule has 1 fully saturated rings. The van der Waals surface area contributed by atoms with E-state index in [0.29, 0.717) is 12.6 Å². The highest BCUT2D eigenvalue weighted by Crippen LogP contribution is 2.29. The number of hydrogen-bond donors (Lipinski definition) is 3. The van der Waals surface area contributed by atoms with Crippen LogP contribution in [0.2, 0.25) is 0 Å². The van der Waals surface area contributed by atoms with Gasteiger partial charge in [0, 0.05) is 31.0 Å². The van der Waals surface area contributed by atoms with E-state index >= 15 is 0 Å². The Hall–Kier alpha value is -2.93. The molecule has 26 heavy (non-hydrogen) atoms. The molecule has 1 atom stereocenters. The van der Waals surface area contributed by atoms with Gasteiger partial charge in [0.25, 0.3) is 0 Å². The number of anilines is 2. The largest absolute Gasteiger partial charge is 0.478 e. The lowest BCUT2D eigenvalue weighted by molar-refractivity contribution is -0.131. The fourth-order valence-corrected chi connectivity index (χ4v) is 2.77. The van der Waals surface area contributed by atoms with Crippen LogP contribution in [0.1, 0.15) is 18.9 Å². The van der Waals surface area contributed by atoms with Gasteiger partial charge in [0.05, 0.1) is 12.6 Å². The zero-order valence-electron chi connectivity index (χ0n) is 14.6. The number of ether oxygens (including phenoxy) is 1. The van der Waals surface area contributed by atoms with Crippen molar-refractivity contribution in [1.82, 2.24) is 9.97 Å².